The molecule has 6 nitrogen and oxygen atoms in total. The highest BCUT2D eigenvalue weighted by Gasteiger charge is 2.39. The van der Waals surface area contributed by atoms with Gasteiger partial charge in [0.1, 0.15) is 23.1 Å². The lowest BCUT2D eigenvalue weighted by atomic mass is 10.1. The standard InChI is InChI=1S/C12H10Cl2N4O2S/c1-4-12(20)18(5(2)11(19)15-4)10-7(14)3-6(13)8-9(10)17-21-16-8/h3-5H,1-2H3,(H,15,19). The Labute approximate surface area is 134 Å². The smallest absolute Gasteiger partial charge is 0.250 e. The lowest BCUT2D eigenvalue weighted by Crippen LogP contribution is -2.61. The van der Waals surface area contributed by atoms with E-state index >= 15 is 0 Å². The number of anilines is 1. The van der Waals surface area contributed by atoms with Crippen molar-refractivity contribution in [3.63, 3.8) is 0 Å². The predicted molar refractivity (Wildman–Crippen MR) is 82.0 cm³/mol. The van der Waals surface area contributed by atoms with Crippen LogP contribution in [-0.2, 0) is 9.59 Å². The van der Waals surface area contributed by atoms with E-state index in [1.807, 2.05) is 0 Å². The summed E-state index contributed by atoms with van der Waals surface area (Å²) in [7, 11) is 0. The Bertz CT molecular complexity index is 763. The van der Waals surface area contributed by atoms with Crippen LogP contribution in [0.3, 0.4) is 0 Å². The number of amides is 2. The van der Waals surface area contributed by atoms with Crippen LogP contribution < -0.4 is 10.2 Å². The van der Waals surface area contributed by atoms with Crippen molar-refractivity contribution < 1.29 is 9.59 Å². The van der Waals surface area contributed by atoms with Gasteiger partial charge in [-0.15, -0.1) is 0 Å². The van der Waals surface area contributed by atoms with Crippen LogP contribution in [0.1, 0.15) is 13.8 Å². The third-order valence-electron chi connectivity index (χ3n) is 3.39. The highest BCUT2D eigenvalue weighted by Crippen LogP contribution is 2.39. The molecule has 0 radical (unpaired) electrons. The summed E-state index contributed by atoms with van der Waals surface area (Å²) in [5.74, 6) is -0.495. The number of piperazine rings is 1. The summed E-state index contributed by atoms with van der Waals surface area (Å²) >= 11 is 13.3. The van der Waals surface area contributed by atoms with Crippen molar-refractivity contribution in [2.24, 2.45) is 0 Å². The Morgan fingerprint density at radius 3 is 2.57 bits per heavy atom. The van der Waals surface area contributed by atoms with Crippen molar-refractivity contribution >= 4 is 63.5 Å². The summed E-state index contributed by atoms with van der Waals surface area (Å²) in [4.78, 5) is 25.8. The molecule has 0 aliphatic carbocycles. The first-order valence-electron chi connectivity index (χ1n) is 6.15. The van der Waals surface area contributed by atoms with Crippen LogP contribution in [0.2, 0.25) is 10.0 Å². The van der Waals surface area contributed by atoms with Gasteiger partial charge in [-0.05, 0) is 19.9 Å². The fourth-order valence-corrected chi connectivity index (χ4v) is 3.51. The fourth-order valence-electron chi connectivity index (χ4n) is 2.31. The first-order valence-corrected chi connectivity index (χ1v) is 7.64. The van der Waals surface area contributed by atoms with Crippen LogP contribution in [0.5, 0.6) is 0 Å². The molecule has 0 spiro atoms. The van der Waals surface area contributed by atoms with Crippen molar-refractivity contribution in [3.8, 4) is 0 Å². The molecule has 3 rings (SSSR count). The first kappa shape index (κ1) is 14.5. The Balaban J connectivity index is 2.25. The summed E-state index contributed by atoms with van der Waals surface area (Å²) in [6.45, 7) is 3.26. The summed E-state index contributed by atoms with van der Waals surface area (Å²) < 4.78 is 8.27. The highest BCUT2D eigenvalue weighted by atomic mass is 35.5. The molecule has 110 valence electrons. The normalized spacial score (nSPS) is 22.8. The summed E-state index contributed by atoms with van der Waals surface area (Å²) in [6.07, 6.45) is 0. The molecule has 2 unspecified atom stereocenters. The van der Waals surface area contributed by atoms with E-state index in [-0.39, 0.29) is 16.8 Å². The monoisotopic (exact) mass is 344 g/mol. The lowest BCUT2D eigenvalue weighted by Gasteiger charge is -2.36. The third-order valence-corrected chi connectivity index (χ3v) is 4.50. The van der Waals surface area contributed by atoms with Crippen molar-refractivity contribution in [2.75, 3.05) is 4.90 Å². The van der Waals surface area contributed by atoms with Crippen LogP contribution in [0, 0.1) is 0 Å². The quantitative estimate of drug-likeness (QED) is 0.860. The molecular weight excluding hydrogens is 335 g/mol. The number of nitrogens with one attached hydrogen (secondary N) is 1. The van der Waals surface area contributed by atoms with Gasteiger partial charge >= 0.3 is 0 Å². The van der Waals surface area contributed by atoms with Gasteiger partial charge in [-0.2, -0.15) is 8.75 Å². The molecule has 1 aliphatic rings. The summed E-state index contributed by atoms with van der Waals surface area (Å²) in [5, 5.41) is 3.25. The zero-order chi connectivity index (χ0) is 15.3. The van der Waals surface area contributed by atoms with Gasteiger partial charge in [0.05, 0.1) is 27.5 Å². The third kappa shape index (κ3) is 2.16. The van der Waals surface area contributed by atoms with E-state index in [4.69, 9.17) is 23.2 Å². The van der Waals surface area contributed by atoms with E-state index in [9.17, 15) is 9.59 Å². The van der Waals surface area contributed by atoms with Crippen molar-refractivity contribution in [1.29, 1.82) is 0 Å². The number of aromatic nitrogens is 2. The molecule has 1 aromatic carbocycles. The Morgan fingerprint density at radius 1 is 1.19 bits per heavy atom. The molecule has 0 bridgehead atoms. The minimum atomic E-state index is -0.683. The van der Waals surface area contributed by atoms with Gasteiger partial charge in [0, 0.05) is 0 Å². The minimum absolute atomic E-state index is 0.246. The molecule has 0 saturated carbocycles. The SMILES string of the molecule is CC1NC(=O)C(C)N(c2c(Cl)cc(Cl)c3nsnc23)C1=O. The Hall–Kier alpha value is -1.44. The van der Waals surface area contributed by atoms with E-state index in [2.05, 4.69) is 14.1 Å². The number of halogens is 2. The topological polar surface area (TPSA) is 75.2 Å². The molecule has 1 aliphatic heterocycles. The number of hydrogen-bond acceptors (Lipinski definition) is 5. The van der Waals surface area contributed by atoms with E-state index in [0.29, 0.717) is 21.7 Å². The molecular formula is C12H10Cl2N4O2S. The Morgan fingerprint density at radius 2 is 1.86 bits per heavy atom. The fraction of sp³-hybridized carbons (Fsp3) is 0.333. The van der Waals surface area contributed by atoms with Crippen LogP contribution in [0.25, 0.3) is 11.0 Å². The minimum Gasteiger partial charge on any atom is -0.343 e. The number of fused-ring (bicyclic) bond motifs is 1. The molecule has 21 heavy (non-hydrogen) atoms. The molecule has 9 heteroatoms. The molecule has 1 N–H and O–H groups in total. The van der Waals surface area contributed by atoms with Crippen molar-refractivity contribution in [3.05, 3.63) is 16.1 Å². The molecule has 2 amide bonds. The second-order valence-electron chi connectivity index (χ2n) is 4.76. The predicted octanol–water partition coefficient (Wildman–Crippen LogP) is 2.24. The molecule has 1 fully saturated rings. The second-order valence-corrected chi connectivity index (χ2v) is 6.11. The molecule has 2 aromatic rings. The van der Waals surface area contributed by atoms with Gasteiger partial charge in [0.15, 0.2) is 0 Å². The zero-order valence-electron chi connectivity index (χ0n) is 11.1. The molecule has 1 saturated heterocycles. The van der Waals surface area contributed by atoms with Gasteiger partial charge in [0.25, 0.3) is 0 Å². The number of carbonyl (C=O) groups is 2. The molecule has 1 aromatic heterocycles. The number of hydrogen-bond donors (Lipinski definition) is 1. The largest absolute Gasteiger partial charge is 0.343 e. The van der Waals surface area contributed by atoms with Crippen LogP contribution in [-0.4, -0.2) is 32.6 Å². The maximum Gasteiger partial charge on any atom is 0.250 e. The number of rotatable bonds is 1. The summed E-state index contributed by atoms with van der Waals surface area (Å²) in [6, 6.07) is 0.207. The van der Waals surface area contributed by atoms with Crippen LogP contribution >= 0.6 is 34.9 Å². The number of carbonyl (C=O) groups excluding carboxylic acids is 2. The van der Waals surface area contributed by atoms with E-state index in [0.717, 1.165) is 11.7 Å². The zero-order valence-corrected chi connectivity index (χ0v) is 13.4. The maximum absolute atomic E-state index is 12.5. The Kier molecular flexibility index (Phi) is 3.51. The second kappa shape index (κ2) is 5.08. The first-order chi connectivity index (χ1) is 9.91. The van der Waals surface area contributed by atoms with Gasteiger partial charge in [-0.3, -0.25) is 14.5 Å². The summed E-state index contributed by atoms with van der Waals surface area (Å²) in [5.41, 5.74) is 1.28. The van der Waals surface area contributed by atoms with Crippen molar-refractivity contribution in [1.82, 2.24) is 14.1 Å². The molecule has 2 heterocycles. The average molecular weight is 345 g/mol. The van der Waals surface area contributed by atoms with Crippen LogP contribution in [0.15, 0.2) is 6.07 Å². The van der Waals surface area contributed by atoms with Crippen LogP contribution in [0.4, 0.5) is 5.69 Å². The molecule has 2 atom stereocenters. The van der Waals surface area contributed by atoms with Gasteiger partial charge < -0.3 is 5.32 Å². The highest BCUT2D eigenvalue weighted by molar-refractivity contribution is 7.00. The van der Waals surface area contributed by atoms with E-state index < -0.39 is 12.1 Å². The lowest BCUT2D eigenvalue weighted by molar-refractivity contribution is -0.133. The number of nitrogens with zero attached hydrogens (tertiary/aromatic N) is 3. The van der Waals surface area contributed by atoms with Gasteiger partial charge in [-0.25, -0.2) is 0 Å². The maximum atomic E-state index is 12.5. The van der Waals surface area contributed by atoms with E-state index in [1.54, 1.807) is 13.8 Å². The average Bonchev–Trinajstić information content (AvgIpc) is 2.89. The number of benzene rings is 1. The van der Waals surface area contributed by atoms with Crippen molar-refractivity contribution in [2.45, 2.75) is 25.9 Å². The van der Waals surface area contributed by atoms with Gasteiger partial charge in [-0.1, -0.05) is 23.2 Å². The van der Waals surface area contributed by atoms with Gasteiger partial charge in [0.2, 0.25) is 11.8 Å². The van der Waals surface area contributed by atoms with E-state index in [1.165, 1.54) is 11.0 Å².